The lowest BCUT2D eigenvalue weighted by Gasteiger charge is -2.21. The highest BCUT2D eigenvalue weighted by Crippen LogP contribution is 2.34. The Hall–Kier alpha value is -1.73. The highest BCUT2D eigenvalue weighted by Gasteiger charge is 2.47. The number of aryl methyl sites for hydroxylation is 2. The van der Waals surface area contributed by atoms with Gasteiger partial charge in [0.25, 0.3) is 5.91 Å². The van der Waals surface area contributed by atoms with Crippen molar-refractivity contribution in [2.75, 3.05) is 19.6 Å². The van der Waals surface area contributed by atoms with Crippen molar-refractivity contribution < 1.29 is 9.59 Å². The molecular formula is C17H19N3O2S2. The Labute approximate surface area is 148 Å². The van der Waals surface area contributed by atoms with E-state index in [0.29, 0.717) is 19.6 Å². The summed E-state index contributed by atoms with van der Waals surface area (Å²) in [6.45, 7) is 6.52. The fraction of sp³-hybridized carbons (Fsp3) is 0.471. The quantitative estimate of drug-likeness (QED) is 0.844. The van der Waals surface area contributed by atoms with Gasteiger partial charge in [0.15, 0.2) is 0 Å². The molecule has 0 N–H and O–H groups in total. The number of nitrogens with zero attached hydrogens (tertiary/aromatic N) is 3. The number of fused-ring (bicyclic) bond motifs is 1. The first kappa shape index (κ1) is 15.8. The molecule has 0 saturated carbocycles. The van der Waals surface area contributed by atoms with Gasteiger partial charge in [0.1, 0.15) is 0 Å². The summed E-state index contributed by atoms with van der Waals surface area (Å²) >= 11 is 3.10. The van der Waals surface area contributed by atoms with Crippen molar-refractivity contribution in [3.8, 4) is 0 Å². The average Bonchev–Trinajstić information content (AvgIpc) is 3.29. The minimum absolute atomic E-state index is 0.0465. The molecule has 4 heterocycles. The highest BCUT2D eigenvalue weighted by molar-refractivity contribution is 7.12. The molecule has 2 fully saturated rings. The number of rotatable bonds is 3. The van der Waals surface area contributed by atoms with Crippen LogP contribution in [0.4, 0.5) is 0 Å². The molecule has 0 unspecified atom stereocenters. The Morgan fingerprint density at radius 2 is 2.08 bits per heavy atom. The van der Waals surface area contributed by atoms with Crippen molar-refractivity contribution in [2.45, 2.75) is 20.4 Å². The molecule has 5 nitrogen and oxygen atoms in total. The van der Waals surface area contributed by atoms with Crippen LogP contribution in [0.5, 0.6) is 0 Å². The molecule has 0 aromatic carbocycles. The van der Waals surface area contributed by atoms with Gasteiger partial charge in [-0.25, -0.2) is 4.98 Å². The third-order valence-electron chi connectivity index (χ3n) is 4.77. The maximum Gasteiger partial charge on any atom is 0.263 e. The molecule has 4 rings (SSSR count). The Kier molecular flexibility index (Phi) is 3.92. The Bertz CT molecular complexity index is 797. The topological polar surface area (TPSA) is 53.5 Å². The summed E-state index contributed by atoms with van der Waals surface area (Å²) in [6.07, 6.45) is 0. The molecule has 2 saturated heterocycles. The maximum absolute atomic E-state index is 12.7. The summed E-state index contributed by atoms with van der Waals surface area (Å²) in [7, 11) is 0. The Morgan fingerprint density at radius 1 is 1.25 bits per heavy atom. The number of thiazole rings is 1. The van der Waals surface area contributed by atoms with Crippen LogP contribution >= 0.6 is 22.7 Å². The lowest BCUT2D eigenvalue weighted by atomic mass is 10.0. The van der Waals surface area contributed by atoms with E-state index in [9.17, 15) is 9.59 Å². The second-order valence-electron chi connectivity index (χ2n) is 6.64. The minimum atomic E-state index is -0.0465. The number of carbonyl (C=O) groups is 2. The van der Waals surface area contributed by atoms with Crippen molar-refractivity contribution in [3.63, 3.8) is 0 Å². The first-order chi connectivity index (χ1) is 11.5. The summed E-state index contributed by atoms with van der Waals surface area (Å²) in [5, 5.41) is 5.04. The Morgan fingerprint density at radius 3 is 2.71 bits per heavy atom. The zero-order valence-electron chi connectivity index (χ0n) is 13.7. The van der Waals surface area contributed by atoms with E-state index in [0.717, 1.165) is 27.7 Å². The molecule has 2 aromatic rings. The minimum Gasteiger partial charge on any atom is -0.337 e. The van der Waals surface area contributed by atoms with E-state index < -0.39 is 0 Å². The van der Waals surface area contributed by atoms with Gasteiger partial charge < -0.3 is 9.80 Å². The largest absolute Gasteiger partial charge is 0.337 e. The van der Waals surface area contributed by atoms with Crippen LogP contribution in [0, 0.1) is 25.7 Å². The van der Waals surface area contributed by atoms with Gasteiger partial charge in [-0.3, -0.25) is 9.59 Å². The second-order valence-corrected chi connectivity index (χ2v) is 8.62. The maximum atomic E-state index is 12.7. The summed E-state index contributed by atoms with van der Waals surface area (Å²) in [4.78, 5) is 34.2. The van der Waals surface area contributed by atoms with E-state index in [-0.39, 0.29) is 23.7 Å². The lowest BCUT2D eigenvalue weighted by molar-refractivity contribution is -0.131. The van der Waals surface area contributed by atoms with Crippen LogP contribution in [0.15, 0.2) is 16.8 Å². The van der Waals surface area contributed by atoms with Crippen molar-refractivity contribution in [2.24, 2.45) is 11.8 Å². The standard InChI is InChI=1S/C17H19N3O2S2/c1-10-3-15(24-8-10)17(22)20-5-12-4-19(16(21)14(12)7-20)6-13-9-23-11(2)18-13/h3,8-9,12,14H,4-7H2,1-2H3/t12-,14+/m1/s1. The average molecular weight is 361 g/mol. The van der Waals surface area contributed by atoms with Crippen molar-refractivity contribution in [3.05, 3.63) is 38.0 Å². The Balaban J connectivity index is 1.41. The summed E-state index contributed by atoms with van der Waals surface area (Å²) in [6, 6.07) is 1.93. The monoisotopic (exact) mass is 361 g/mol. The summed E-state index contributed by atoms with van der Waals surface area (Å²) < 4.78 is 0. The number of amides is 2. The van der Waals surface area contributed by atoms with E-state index in [1.165, 1.54) is 11.3 Å². The van der Waals surface area contributed by atoms with E-state index in [1.54, 1.807) is 11.3 Å². The third kappa shape index (κ3) is 2.75. The molecule has 2 aliphatic heterocycles. The highest BCUT2D eigenvalue weighted by atomic mass is 32.1. The number of hydrogen-bond donors (Lipinski definition) is 0. The third-order valence-corrected chi connectivity index (χ3v) is 6.63. The summed E-state index contributed by atoms with van der Waals surface area (Å²) in [5.74, 6) is 0.442. The number of aromatic nitrogens is 1. The molecule has 0 bridgehead atoms. The molecule has 24 heavy (non-hydrogen) atoms. The first-order valence-electron chi connectivity index (χ1n) is 8.05. The smallest absolute Gasteiger partial charge is 0.263 e. The van der Waals surface area contributed by atoms with Crippen LogP contribution in [0.2, 0.25) is 0 Å². The van der Waals surface area contributed by atoms with Crippen LogP contribution < -0.4 is 0 Å². The number of carbonyl (C=O) groups excluding carboxylic acids is 2. The van der Waals surface area contributed by atoms with Crippen LogP contribution in [0.1, 0.15) is 25.9 Å². The zero-order chi connectivity index (χ0) is 16.8. The fourth-order valence-corrected chi connectivity index (χ4v) is 5.10. The molecule has 2 aliphatic rings. The van der Waals surface area contributed by atoms with Crippen molar-refractivity contribution >= 4 is 34.5 Å². The SMILES string of the molecule is Cc1csc(C(=O)N2C[C@H]3CN(Cc4csc(C)n4)C(=O)[C@H]3C2)c1. The van der Waals surface area contributed by atoms with Gasteiger partial charge in [0.05, 0.1) is 28.0 Å². The molecule has 2 aromatic heterocycles. The van der Waals surface area contributed by atoms with Gasteiger partial charge in [-0.15, -0.1) is 22.7 Å². The van der Waals surface area contributed by atoms with E-state index in [4.69, 9.17) is 0 Å². The van der Waals surface area contributed by atoms with Gasteiger partial charge in [-0.2, -0.15) is 0 Å². The molecule has 7 heteroatoms. The van der Waals surface area contributed by atoms with Gasteiger partial charge in [0.2, 0.25) is 5.91 Å². The van der Waals surface area contributed by atoms with Crippen LogP contribution in [0.25, 0.3) is 0 Å². The van der Waals surface area contributed by atoms with Gasteiger partial charge in [0, 0.05) is 30.9 Å². The van der Waals surface area contributed by atoms with Gasteiger partial charge >= 0.3 is 0 Å². The van der Waals surface area contributed by atoms with Crippen LogP contribution in [-0.4, -0.2) is 46.2 Å². The lowest BCUT2D eigenvalue weighted by Crippen LogP contribution is -2.35. The van der Waals surface area contributed by atoms with Crippen molar-refractivity contribution in [1.29, 1.82) is 0 Å². The molecule has 2 atom stereocenters. The first-order valence-corrected chi connectivity index (χ1v) is 9.81. The molecular weight excluding hydrogens is 342 g/mol. The molecule has 0 spiro atoms. The predicted octanol–water partition coefficient (Wildman–Crippen LogP) is 2.55. The normalized spacial score (nSPS) is 23.2. The van der Waals surface area contributed by atoms with E-state index in [2.05, 4.69) is 4.98 Å². The number of hydrogen-bond acceptors (Lipinski definition) is 5. The molecule has 0 aliphatic carbocycles. The van der Waals surface area contributed by atoms with Crippen LogP contribution in [0.3, 0.4) is 0 Å². The molecule has 126 valence electrons. The zero-order valence-corrected chi connectivity index (χ0v) is 15.3. The van der Waals surface area contributed by atoms with Gasteiger partial charge in [-0.05, 0) is 30.9 Å². The van der Waals surface area contributed by atoms with E-state index in [1.807, 2.05) is 40.5 Å². The van der Waals surface area contributed by atoms with Crippen LogP contribution in [-0.2, 0) is 11.3 Å². The molecule has 0 radical (unpaired) electrons. The number of likely N-dealkylation sites (tertiary alicyclic amines) is 2. The predicted molar refractivity (Wildman–Crippen MR) is 94.2 cm³/mol. The van der Waals surface area contributed by atoms with E-state index >= 15 is 0 Å². The summed E-state index contributed by atoms with van der Waals surface area (Å²) in [5.41, 5.74) is 2.08. The molecule has 2 amide bonds. The van der Waals surface area contributed by atoms with Crippen molar-refractivity contribution in [1.82, 2.24) is 14.8 Å². The van der Waals surface area contributed by atoms with Gasteiger partial charge in [-0.1, -0.05) is 0 Å². The number of thiophene rings is 1. The fourth-order valence-electron chi connectivity index (χ4n) is 3.63. The second kappa shape index (κ2) is 5.97.